The first kappa shape index (κ1) is 13.2. The maximum Gasteiger partial charge on any atom is 0.0992 e. The summed E-state index contributed by atoms with van der Waals surface area (Å²) in [5.41, 5.74) is 3.76. The molecule has 0 N–H and O–H groups in total. The average molecular weight is 263 g/mol. The largest absolute Gasteiger partial charge is 0.305 e. The van der Waals surface area contributed by atoms with E-state index in [1.165, 1.54) is 11.1 Å². The first-order chi connectivity index (χ1) is 8.37. The highest BCUT2D eigenvalue weighted by Crippen LogP contribution is 2.29. The Balaban J connectivity index is 2.42. The van der Waals surface area contributed by atoms with Crippen molar-refractivity contribution in [3.63, 3.8) is 0 Å². The van der Waals surface area contributed by atoms with E-state index in [-0.39, 0.29) is 5.41 Å². The number of rotatable bonds is 2. The molecular formula is C15H19ClN2. The van der Waals surface area contributed by atoms with Gasteiger partial charge in [-0.3, -0.25) is 0 Å². The van der Waals surface area contributed by atoms with Crippen molar-refractivity contribution in [3.8, 4) is 5.69 Å². The van der Waals surface area contributed by atoms with E-state index in [9.17, 15) is 0 Å². The summed E-state index contributed by atoms with van der Waals surface area (Å²) in [6.45, 7) is 8.80. The maximum atomic E-state index is 6.41. The average Bonchev–Trinajstić information content (AvgIpc) is 2.66. The summed E-state index contributed by atoms with van der Waals surface area (Å²) in [5.74, 6) is 0. The summed E-state index contributed by atoms with van der Waals surface area (Å²) >= 11 is 6.41. The van der Waals surface area contributed by atoms with Crippen LogP contribution in [-0.4, -0.2) is 9.55 Å². The zero-order valence-electron chi connectivity index (χ0n) is 11.4. The van der Waals surface area contributed by atoms with E-state index in [0.29, 0.717) is 0 Å². The van der Waals surface area contributed by atoms with Crippen molar-refractivity contribution in [1.82, 2.24) is 9.55 Å². The molecule has 1 heterocycles. The first-order valence-corrected chi connectivity index (χ1v) is 6.52. The second-order valence-corrected chi connectivity index (χ2v) is 6.36. The highest BCUT2D eigenvalue weighted by atomic mass is 35.5. The van der Waals surface area contributed by atoms with Crippen molar-refractivity contribution in [1.29, 1.82) is 0 Å². The van der Waals surface area contributed by atoms with Crippen LogP contribution in [0, 0.1) is 12.3 Å². The third kappa shape index (κ3) is 2.94. The number of halogens is 1. The van der Waals surface area contributed by atoms with Crippen LogP contribution >= 0.6 is 11.6 Å². The Bertz CT molecular complexity index is 513. The minimum absolute atomic E-state index is 0.270. The number of hydrogen-bond donors (Lipinski definition) is 0. The normalized spacial score (nSPS) is 11.8. The van der Waals surface area contributed by atoms with E-state index < -0.39 is 0 Å². The molecule has 0 aliphatic heterocycles. The van der Waals surface area contributed by atoms with Gasteiger partial charge in [0.2, 0.25) is 0 Å². The van der Waals surface area contributed by atoms with Gasteiger partial charge in [-0.05, 0) is 36.0 Å². The van der Waals surface area contributed by atoms with Gasteiger partial charge in [-0.2, -0.15) is 0 Å². The summed E-state index contributed by atoms with van der Waals surface area (Å²) in [6.07, 6.45) is 6.48. The van der Waals surface area contributed by atoms with Gasteiger partial charge >= 0.3 is 0 Å². The molecule has 1 aromatic heterocycles. The predicted molar refractivity (Wildman–Crippen MR) is 76.5 cm³/mol. The number of aromatic nitrogens is 2. The quantitative estimate of drug-likeness (QED) is 0.783. The van der Waals surface area contributed by atoms with Crippen LogP contribution in [0.15, 0.2) is 30.9 Å². The maximum absolute atomic E-state index is 6.41. The molecule has 2 nitrogen and oxygen atoms in total. The van der Waals surface area contributed by atoms with E-state index in [0.717, 1.165) is 17.1 Å². The van der Waals surface area contributed by atoms with Gasteiger partial charge in [-0.25, -0.2) is 4.98 Å². The number of imidazole rings is 1. The summed E-state index contributed by atoms with van der Waals surface area (Å²) < 4.78 is 1.96. The molecule has 0 saturated heterocycles. The van der Waals surface area contributed by atoms with Crippen LogP contribution in [-0.2, 0) is 6.42 Å². The van der Waals surface area contributed by atoms with E-state index in [1.54, 1.807) is 12.5 Å². The molecule has 0 aliphatic rings. The van der Waals surface area contributed by atoms with Gasteiger partial charge in [-0.1, -0.05) is 38.4 Å². The molecule has 2 rings (SSSR count). The second-order valence-electron chi connectivity index (χ2n) is 5.95. The number of hydrogen-bond acceptors (Lipinski definition) is 1. The fourth-order valence-electron chi connectivity index (χ4n) is 2.24. The van der Waals surface area contributed by atoms with Crippen LogP contribution in [0.4, 0.5) is 0 Å². The lowest BCUT2D eigenvalue weighted by Gasteiger charge is -2.20. The zero-order valence-corrected chi connectivity index (χ0v) is 12.1. The molecule has 0 spiro atoms. The molecule has 0 unspecified atom stereocenters. The van der Waals surface area contributed by atoms with Gasteiger partial charge in [0, 0.05) is 12.4 Å². The zero-order chi connectivity index (χ0) is 13.3. The lowest BCUT2D eigenvalue weighted by atomic mass is 9.87. The lowest BCUT2D eigenvalue weighted by molar-refractivity contribution is 0.411. The molecule has 0 aliphatic carbocycles. The SMILES string of the molecule is Cc1cc(CC(C)(C)C)cc(Cl)c1-n1ccnc1. The molecule has 3 heteroatoms. The van der Waals surface area contributed by atoms with Crippen LogP contribution < -0.4 is 0 Å². The number of nitrogens with zero attached hydrogens (tertiary/aromatic N) is 2. The standard InChI is InChI=1S/C15H19ClN2/c1-11-7-12(9-15(2,3)4)8-13(16)14(11)18-6-5-17-10-18/h5-8,10H,9H2,1-4H3. The van der Waals surface area contributed by atoms with Gasteiger partial charge in [0.1, 0.15) is 0 Å². The van der Waals surface area contributed by atoms with Crippen LogP contribution in [0.5, 0.6) is 0 Å². The number of benzene rings is 1. The Labute approximate surface area is 114 Å². The Morgan fingerprint density at radius 1 is 1.28 bits per heavy atom. The third-order valence-corrected chi connectivity index (χ3v) is 3.10. The molecule has 2 aromatic rings. The molecule has 0 bridgehead atoms. The predicted octanol–water partition coefficient (Wildman–Crippen LogP) is 4.42. The lowest BCUT2D eigenvalue weighted by Crippen LogP contribution is -2.09. The van der Waals surface area contributed by atoms with E-state index in [1.807, 2.05) is 10.8 Å². The monoisotopic (exact) mass is 262 g/mol. The minimum Gasteiger partial charge on any atom is -0.305 e. The van der Waals surface area contributed by atoms with E-state index >= 15 is 0 Å². The fraction of sp³-hybridized carbons (Fsp3) is 0.400. The molecular weight excluding hydrogens is 244 g/mol. The second kappa shape index (κ2) is 4.77. The Hall–Kier alpha value is -1.28. The molecule has 0 amide bonds. The smallest absolute Gasteiger partial charge is 0.0992 e. The summed E-state index contributed by atoms with van der Waals surface area (Å²) in [6, 6.07) is 4.28. The van der Waals surface area contributed by atoms with Crippen LogP contribution in [0.25, 0.3) is 5.69 Å². The summed E-state index contributed by atoms with van der Waals surface area (Å²) in [7, 11) is 0. The van der Waals surface area contributed by atoms with Crippen molar-refractivity contribution in [3.05, 3.63) is 47.0 Å². The van der Waals surface area contributed by atoms with Gasteiger partial charge in [0.05, 0.1) is 17.0 Å². The molecule has 0 atom stereocenters. The van der Waals surface area contributed by atoms with Crippen LogP contribution in [0.1, 0.15) is 31.9 Å². The molecule has 0 radical (unpaired) electrons. The molecule has 1 aromatic carbocycles. The highest BCUT2D eigenvalue weighted by molar-refractivity contribution is 6.32. The molecule has 0 fully saturated rings. The van der Waals surface area contributed by atoms with Gasteiger partial charge in [0.25, 0.3) is 0 Å². The van der Waals surface area contributed by atoms with E-state index in [4.69, 9.17) is 11.6 Å². The van der Waals surface area contributed by atoms with Gasteiger partial charge < -0.3 is 4.57 Å². The van der Waals surface area contributed by atoms with Crippen molar-refractivity contribution < 1.29 is 0 Å². The fourth-order valence-corrected chi connectivity index (χ4v) is 2.63. The van der Waals surface area contributed by atoms with Crippen molar-refractivity contribution in [2.75, 3.05) is 0 Å². The Morgan fingerprint density at radius 2 is 2.00 bits per heavy atom. The van der Waals surface area contributed by atoms with Crippen molar-refractivity contribution in [2.24, 2.45) is 5.41 Å². The van der Waals surface area contributed by atoms with Gasteiger partial charge in [0.15, 0.2) is 0 Å². The van der Waals surface area contributed by atoms with Crippen LogP contribution in [0.3, 0.4) is 0 Å². The highest BCUT2D eigenvalue weighted by Gasteiger charge is 2.14. The molecule has 18 heavy (non-hydrogen) atoms. The van der Waals surface area contributed by atoms with Crippen molar-refractivity contribution in [2.45, 2.75) is 34.1 Å². The summed E-state index contributed by atoms with van der Waals surface area (Å²) in [4.78, 5) is 4.07. The molecule has 0 saturated carbocycles. The topological polar surface area (TPSA) is 17.8 Å². The minimum atomic E-state index is 0.270. The third-order valence-electron chi connectivity index (χ3n) is 2.81. The molecule has 96 valence electrons. The summed E-state index contributed by atoms with van der Waals surface area (Å²) in [5, 5.41) is 0.784. The van der Waals surface area contributed by atoms with Crippen LogP contribution in [0.2, 0.25) is 5.02 Å². The Kier molecular flexibility index (Phi) is 3.49. The van der Waals surface area contributed by atoms with Gasteiger partial charge in [-0.15, -0.1) is 0 Å². The van der Waals surface area contributed by atoms with E-state index in [2.05, 4.69) is 44.8 Å². The first-order valence-electron chi connectivity index (χ1n) is 6.14. The van der Waals surface area contributed by atoms with Crippen molar-refractivity contribution >= 4 is 11.6 Å². The number of aryl methyl sites for hydroxylation is 1. The Morgan fingerprint density at radius 3 is 2.50 bits per heavy atom.